The number of hydrogen-bond donors (Lipinski definition) is 2. The van der Waals surface area contributed by atoms with Crippen molar-refractivity contribution in [3.05, 3.63) is 60.2 Å². The van der Waals surface area contributed by atoms with Gasteiger partial charge in [0, 0.05) is 5.69 Å². The van der Waals surface area contributed by atoms with Crippen LogP contribution >= 0.6 is 0 Å². The minimum Gasteiger partial charge on any atom is -0.398 e. The van der Waals surface area contributed by atoms with Gasteiger partial charge in [-0.05, 0) is 24.3 Å². The molecule has 2 rings (SSSR count). The second kappa shape index (κ2) is 5.32. The number of nitrogens with two attached hydrogens (primary N) is 2. The summed E-state index contributed by atoms with van der Waals surface area (Å²) < 4.78 is 24.6. The predicted molar refractivity (Wildman–Crippen MR) is 74.8 cm³/mol. The third-order valence-electron chi connectivity index (χ3n) is 2.69. The zero-order chi connectivity index (χ0) is 14.8. The van der Waals surface area contributed by atoms with Crippen molar-refractivity contribution in [2.45, 2.75) is 4.90 Å². The smallest absolute Gasteiger partial charge is 0.284 e. The maximum Gasteiger partial charge on any atom is 0.284 e. The average molecular weight is 291 g/mol. The van der Waals surface area contributed by atoms with Gasteiger partial charge in [-0.1, -0.05) is 30.3 Å². The number of nitrogens with zero attached hydrogens (tertiary/aromatic N) is 1. The molecule has 0 atom stereocenters. The first kappa shape index (κ1) is 14.0. The van der Waals surface area contributed by atoms with Gasteiger partial charge < -0.3 is 5.73 Å². The molecule has 20 heavy (non-hydrogen) atoms. The Morgan fingerprint density at radius 3 is 2.10 bits per heavy atom. The number of carbonyl (C=O) groups is 1. The quantitative estimate of drug-likeness (QED) is 0.379. The van der Waals surface area contributed by atoms with Gasteiger partial charge in [-0.25, -0.2) is 5.84 Å². The Morgan fingerprint density at radius 1 is 0.950 bits per heavy atom. The summed E-state index contributed by atoms with van der Waals surface area (Å²) in [5.74, 6) is 4.59. The zero-order valence-corrected chi connectivity index (χ0v) is 11.2. The van der Waals surface area contributed by atoms with Crippen LogP contribution in [0.4, 0.5) is 5.69 Å². The maximum atomic E-state index is 12.2. The van der Waals surface area contributed by atoms with Gasteiger partial charge in [-0.3, -0.25) is 4.79 Å². The van der Waals surface area contributed by atoms with Crippen LogP contribution in [-0.4, -0.2) is 18.7 Å². The number of anilines is 1. The lowest BCUT2D eigenvalue weighted by Crippen LogP contribution is -2.42. The van der Waals surface area contributed by atoms with Crippen LogP contribution in [-0.2, 0) is 10.0 Å². The molecule has 0 aliphatic carbocycles. The van der Waals surface area contributed by atoms with E-state index in [1.807, 2.05) is 0 Å². The lowest BCUT2D eigenvalue weighted by molar-refractivity contribution is 0.0862. The van der Waals surface area contributed by atoms with Crippen LogP contribution in [0.25, 0.3) is 0 Å². The van der Waals surface area contributed by atoms with E-state index in [0.717, 1.165) is 0 Å². The fraction of sp³-hybridized carbons (Fsp3) is 0. The first-order valence-electron chi connectivity index (χ1n) is 5.68. The summed E-state index contributed by atoms with van der Waals surface area (Å²) in [6.07, 6.45) is 0. The number of benzene rings is 2. The molecule has 0 saturated carbocycles. The van der Waals surface area contributed by atoms with E-state index in [2.05, 4.69) is 0 Å². The van der Waals surface area contributed by atoms with Gasteiger partial charge >= 0.3 is 0 Å². The summed E-state index contributed by atoms with van der Waals surface area (Å²) in [4.78, 5) is 12.1. The van der Waals surface area contributed by atoms with E-state index < -0.39 is 15.9 Å². The zero-order valence-electron chi connectivity index (χ0n) is 10.4. The first-order valence-corrected chi connectivity index (χ1v) is 7.12. The largest absolute Gasteiger partial charge is 0.398 e. The second-order valence-electron chi connectivity index (χ2n) is 4.01. The Balaban J connectivity index is 2.39. The molecular formula is C13H13N3O3S. The summed E-state index contributed by atoms with van der Waals surface area (Å²) in [5.41, 5.74) is 5.84. The average Bonchev–Trinajstić information content (AvgIpc) is 2.47. The molecule has 0 saturated heterocycles. The van der Waals surface area contributed by atoms with Crippen molar-refractivity contribution in [1.82, 2.24) is 4.41 Å². The fourth-order valence-corrected chi connectivity index (χ4v) is 2.67. The molecule has 0 unspecified atom stereocenters. The Hall–Kier alpha value is -2.38. The number of sulfonamides is 1. The molecule has 0 spiro atoms. The van der Waals surface area contributed by atoms with Gasteiger partial charge in [-0.2, -0.15) is 12.8 Å². The van der Waals surface area contributed by atoms with Crippen LogP contribution in [0.2, 0.25) is 0 Å². The Kier molecular flexibility index (Phi) is 3.73. The molecular weight excluding hydrogens is 278 g/mol. The monoisotopic (exact) mass is 291 g/mol. The SMILES string of the molecule is Nc1ccccc1C(=O)N(N)S(=O)(=O)c1ccccc1. The van der Waals surface area contributed by atoms with E-state index >= 15 is 0 Å². The highest BCUT2D eigenvalue weighted by Gasteiger charge is 2.28. The maximum absolute atomic E-state index is 12.2. The molecule has 0 aromatic heterocycles. The van der Waals surface area contributed by atoms with Gasteiger partial charge in [0.05, 0.1) is 10.5 Å². The van der Waals surface area contributed by atoms with Crippen molar-refractivity contribution in [3.8, 4) is 0 Å². The highest BCUT2D eigenvalue weighted by molar-refractivity contribution is 7.89. The van der Waals surface area contributed by atoms with Crippen molar-refractivity contribution < 1.29 is 13.2 Å². The van der Waals surface area contributed by atoms with E-state index in [9.17, 15) is 13.2 Å². The summed E-state index contributed by atoms with van der Waals surface area (Å²) in [6, 6.07) is 13.6. The molecule has 0 aliphatic heterocycles. The minimum absolute atomic E-state index is 0.0366. The van der Waals surface area contributed by atoms with Crippen LogP contribution in [0.5, 0.6) is 0 Å². The third kappa shape index (κ3) is 2.49. The Labute approximate surface area is 116 Å². The van der Waals surface area contributed by atoms with E-state index in [0.29, 0.717) is 0 Å². The van der Waals surface area contributed by atoms with Crippen molar-refractivity contribution in [3.63, 3.8) is 0 Å². The molecule has 0 radical (unpaired) electrons. The molecule has 4 N–H and O–H groups in total. The highest BCUT2D eigenvalue weighted by Crippen LogP contribution is 2.18. The number of amides is 1. The van der Waals surface area contributed by atoms with E-state index in [4.69, 9.17) is 11.6 Å². The number of carbonyl (C=O) groups excluding carboxylic acids is 1. The second-order valence-corrected chi connectivity index (χ2v) is 5.82. The van der Waals surface area contributed by atoms with Crippen molar-refractivity contribution >= 4 is 21.6 Å². The third-order valence-corrected chi connectivity index (χ3v) is 4.24. The number of hydrogen-bond acceptors (Lipinski definition) is 5. The van der Waals surface area contributed by atoms with Crippen molar-refractivity contribution in [2.75, 3.05) is 5.73 Å². The molecule has 7 heteroatoms. The fourth-order valence-electron chi connectivity index (χ4n) is 1.63. The highest BCUT2D eigenvalue weighted by atomic mass is 32.2. The summed E-state index contributed by atoms with van der Waals surface area (Å²) in [6.45, 7) is 0. The molecule has 6 nitrogen and oxygen atoms in total. The van der Waals surface area contributed by atoms with Gasteiger partial charge in [-0.15, -0.1) is 0 Å². The van der Waals surface area contributed by atoms with Crippen molar-refractivity contribution in [2.24, 2.45) is 5.84 Å². The normalized spacial score (nSPS) is 11.1. The van der Waals surface area contributed by atoms with Crippen LogP contribution < -0.4 is 11.6 Å². The molecule has 0 aliphatic rings. The van der Waals surface area contributed by atoms with Gasteiger partial charge in [0.15, 0.2) is 0 Å². The van der Waals surface area contributed by atoms with E-state index in [-0.39, 0.29) is 20.6 Å². The van der Waals surface area contributed by atoms with Crippen LogP contribution in [0.15, 0.2) is 59.5 Å². The Morgan fingerprint density at radius 2 is 1.50 bits per heavy atom. The van der Waals surface area contributed by atoms with E-state index in [1.165, 1.54) is 24.3 Å². The first-order chi connectivity index (χ1) is 9.44. The van der Waals surface area contributed by atoms with Gasteiger partial charge in [0.25, 0.3) is 15.9 Å². The molecule has 1 amide bonds. The Bertz CT molecular complexity index is 730. The molecule has 0 fully saturated rings. The van der Waals surface area contributed by atoms with E-state index in [1.54, 1.807) is 30.3 Å². The van der Waals surface area contributed by atoms with Crippen LogP contribution in [0.3, 0.4) is 0 Å². The summed E-state index contributed by atoms with van der Waals surface area (Å²) in [7, 11) is -4.10. The van der Waals surface area contributed by atoms with Gasteiger partial charge in [0.1, 0.15) is 0 Å². The topological polar surface area (TPSA) is 106 Å². The molecule has 0 bridgehead atoms. The predicted octanol–water partition coefficient (Wildman–Crippen LogP) is 0.974. The summed E-state index contributed by atoms with van der Waals surface area (Å²) >= 11 is 0. The number of rotatable bonds is 3. The van der Waals surface area contributed by atoms with Crippen LogP contribution in [0.1, 0.15) is 10.4 Å². The number of hydrazine groups is 1. The van der Waals surface area contributed by atoms with Crippen LogP contribution in [0, 0.1) is 0 Å². The van der Waals surface area contributed by atoms with Gasteiger partial charge in [0.2, 0.25) is 0 Å². The lowest BCUT2D eigenvalue weighted by Gasteiger charge is -2.17. The minimum atomic E-state index is -4.10. The molecule has 104 valence electrons. The number of para-hydroxylation sites is 1. The lowest BCUT2D eigenvalue weighted by atomic mass is 10.2. The van der Waals surface area contributed by atoms with Crippen molar-refractivity contribution in [1.29, 1.82) is 0 Å². The molecule has 0 heterocycles. The molecule has 2 aromatic carbocycles. The molecule has 2 aromatic rings. The summed E-state index contributed by atoms with van der Waals surface area (Å²) in [5, 5.41) is 0. The number of nitrogen functional groups attached to an aromatic ring is 1. The standard InChI is InChI=1S/C13H13N3O3S/c14-12-9-5-4-8-11(12)13(17)16(15)20(18,19)10-6-2-1-3-7-10/h1-9H,14-15H2.